The zero-order valence-corrected chi connectivity index (χ0v) is 15.6. The van der Waals surface area contributed by atoms with Gasteiger partial charge in [0.25, 0.3) is 0 Å². The molecule has 0 radical (unpaired) electrons. The molecule has 0 saturated carbocycles. The summed E-state index contributed by atoms with van der Waals surface area (Å²) in [6.07, 6.45) is 0. The van der Waals surface area contributed by atoms with Gasteiger partial charge in [0.05, 0.1) is 28.7 Å². The monoisotopic (exact) mass is 368 g/mol. The molecule has 1 aliphatic carbocycles. The molecule has 4 aromatic rings. The lowest BCUT2D eigenvalue weighted by atomic mass is 9.67. The first kappa shape index (κ1) is 17.0. The predicted molar refractivity (Wildman–Crippen MR) is 113 cm³/mol. The molecule has 0 unspecified atom stereocenters. The highest BCUT2D eigenvalue weighted by Gasteiger charge is 2.46. The molecule has 0 saturated heterocycles. The van der Waals surface area contributed by atoms with Crippen LogP contribution in [-0.2, 0) is 5.41 Å². The SMILES string of the molecule is N#Cc1ccc2c(c1)C(c1ccccc1)(c1ccccc1)c1cc(C#N)ccc1-2. The Kier molecular flexibility index (Phi) is 3.80. The second-order valence-electron chi connectivity index (χ2n) is 7.23. The number of fused-ring (bicyclic) bond motifs is 3. The molecule has 0 amide bonds. The van der Waals surface area contributed by atoms with E-state index in [9.17, 15) is 10.5 Å². The molecule has 2 nitrogen and oxygen atoms in total. The molecule has 29 heavy (non-hydrogen) atoms. The first-order valence-corrected chi connectivity index (χ1v) is 9.49. The third-order valence-corrected chi connectivity index (χ3v) is 5.81. The Morgan fingerprint density at radius 2 is 0.931 bits per heavy atom. The fraction of sp³-hybridized carbons (Fsp3) is 0.0370. The van der Waals surface area contributed by atoms with E-state index in [4.69, 9.17) is 0 Å². The van der Waals surface area contributed by atoms with Gasteiger partial charge >= 0.3 is 0 Å². The second kappa shape index (κ2) is 6.48. The van der Waals surface area contributed by atoms with Gasteiger partial charge in [0.1, 0.15) is 0 Å². The van der Waals surface area contributed by atoms with E-state index in [1.54, 1.807) is 0 Å². The van der Waals surface area contributed by atoms with Crippen molar-refractivity contribution in [3.05, 3.63) is 130 Å². The number of rotatable bonds is 2. The van der Waals surface area contributed by atoms with Gasteiger partial charge in [0, 0.05) is 0 Å². The summed E-state index contributed by atoms with van der Waals surface area (Å²) in [5.74, 6) is 0. The van der Waals surface area contributed by atoms with Crippen molar-refractivity contribution in [2.45, 2.75) is 5.41 Å². The van der Waals surface area contributed by atoms with E-state index in [1.807, 2.05) is 72.8 Å². The maximum Gasteiger partial charge on any atom is 0.0991 e. The Bertz CT molecular complexity index is 1200. The molecular formula is C27H16N2. The predicted octanol–water partition coefficient (Wildman–Crippen LogP) is 5.79. The minimum Gasteiger partial charge on any atom is -0.192 e. The van der Waals surface area contributed by atoms with Crippen molar-refractivity contribution < 1.29 is 0 Å². The summed E-state index contributed by atoms with van der Waals surface area (Å²) in [6, 6.07) is 37.1. The van der Waals surface area contributed by atoms with E-state index in [0.29, 0.717) is 11.1 Å². The Balaban J connectivity index is 2.00. The largest absolute Gasteiger partial charge is 0.192 e. The third-order valence-electron chi connectivity index (χ3n) is 5.81. The van der Waals surface area contributed by atoms with E-state index in [2.05, 4.69) is 36.4 Å². The molecule has 0 atom stereocenters. The van der Waals surface area contributed by atoms with Crippen molar-refractivity contribution in [3.63, 3.8) is 0 Å². The van der Waals surface area contributed by atoms with Crippen molar-refractivity contribution in [1.29, 1.82) is 10.5 Å². The first-order chi connectivity index (χ1) is 14.3. The van der Waals surface area contributed by atoms with Gasteiger partial charge in [0.15, 0.2) is 0 Å². The van der Waals surface area contributed by atoms with Gasteiger partial charge in [0.2, 0.25) is 0 Å². The summed E-state index contributed by atoms with van der Waals surface area (Å²) < 4.78 is 0. The molecule has 0 aromatic heterocycles. The van der Waals surface area contributed by atoms with Crippen molar-refractivity contribution >= 4 is 0 Å². The van der Waals surface area contributed by atoms with E-state index in [-0.39, 0.29) is 0 Å². The quantitative estimate of drug-likeness (QED) is 0.396. The molecule has 1 aliphatic rings. The third kappa shape index (κ3) is 2.34. The minimum absolute atomic E-state index is 0.576. The van der Waals surface area contributed by atoms with Gasteiger partial charge < -0.3 is 0 Å². The average molecular weight is 368 g/mol. The number of hydrogen-bond donors (Lipinski definition) is 0. The summed E-state index contributed by atoms with van der Waals surface area (Å²) in [7, 11) is 0. The van der Waals surface area contributed by atoms with Crippen molar-refractivity contribution in [2.75, 3.05) is 0 Å². The van der Waals surface area contributed by atoms with E-state index in [1.165, 1.54) is 0 Å². The Hall–Kier alpha value is -4.14. The molecule has 0 bridgehead atoms. The van der Waals surface area contributed by atoms with Crippen LogP contribution in [0.1, 0.15) is 33.4 Å². The molecular weight excluding hydrogens is 352 g/mol. The van der Waals surface area contributed by atoms with Crippen LogP contribution in [0.2, 0.25) is 0 Å². The maximum atomic E-state index is 9.59. The summed E-state index contributed by atoms with van der Waals surface area (Å²) in [6.45, 7) is 0. The second-order valence-corrected chi connectivity index (χ2v) is 7.23. The molecule has 0 spiro atoms. The summed E-state index contributed by atoms with van der Waals surface area (Å²) in [5.41, 5.74) is 7.31. The molecule has 0 aliphatic heterocycles. The summed E-state index contributed by atoms with van der Waals surface area (Å²) in [4.78, 5) is 0. The lowest BCUT2D eigenvalue weighted by molar-refractivity contribution is 0.767. The van der Waals surface area contributed by atoms with Gasteiger partial charge in [-0.25, -0.2) is 0 Å². The van der Waals surface area contributed by atoms with Gasteiger partial charge in [-0.1, -0.05) is 72.8 Å². The maximum absolute atomic E-state index is 9.59. The highest BCUT2D eigenvalue weighted by atomic mass is 14.5. The van der Waals surface area contributed by atoms with E-state index in [0.717, 1.165) is 33.4 Å². The van der Waals surface area contributed by atoms with Crippen LogP contribution < -0.4 is 0 Å². The van der Waals surface area contributed by atoms with Gasteiger partial charge in [-0.15, -0.1) is 0 Å². The molecule has 0 N–H and O–H groups in total. The number of benzene rings is 4. The lowest BCUT2D eigenvalue weighted by Crippen LogP contribution is -2.28. The van der Waals surface area contributed by atoms with Crippen LogP contribution in [0, 0.1) is 22.7 Å². The lowest BCUT2D eigenvalue weighted by Gasteiger charge is -2.34. The van der Waals surface area contributed by atoms with Crippen LogP contribution in [0.15, 0.2) is 97.1 Å². The topological polar surface area (TPSA) is 47.6 Å². The van der Waals surface area contributed by atoms with E-state index >= 15 is 0 Å². The molecule has 4 aromatic carbocycles. The highest BCUT2D eigenvalue weighted by Crippen LogP contribution is 2.56. The highest BCUT2D eigenvalue weighted by molar-refractivity contribution is 5.87. The molecule has 0 fully saturated rings. The zero-order chi connectivity index (χ0) is 19.8. The fourth-order valence-corrected chi connectivity index (χ4v) is 4.63. The Morgan fingerprint density at radius 1 is 0.517 bits per heavy atom. The Labute approximate surface area is 169 Å². The van der Waals surface area contributed by atoms with Crippen LogP contribution >= 0.6 is 0 Å². The molecule has 134 valence electrons. The average Bonchev–Trinajstić information content (AvgIpc) is 3.09. The van der Waals surface area contributed by atoms with Crippen molar-refractivity contribution in [2.24, 2.45) is 0 Å². The molecule has 2 heteroatoms. The molecule has 0 heterocycles. The van der Waals surface area contributed by atoms with Crippen molar-refractivity contribution in [1.82, 2.24) is 0 Å². The van der Waals surface area contributed by atoms with Crippen LogP contribution in [0.25, 0.3) is 11.1 Å². The first-order valence-electron chi connectivity index (χ1n) is 9.49. The number of nitrogens with zero attached hydrogens (tertiary/aromatic N) is 2. The minimum atomic E-state index is -0.576. The number of hydrogen-bond acceptors (Lipinski definition) is 2. The standard InChI is InChI=1S/C27H16N2/c28-17-19-11-13-23-24-14-12-20(18-29)16-26(24)27(25(23)15-19,21-7-3-1-4-8-21)22-9-5-2-6-10-22/h1-16H. The summed E-state index contributed by atoms with van der Waals surface area (Å²) in [5, 5.41) is 19.2. The normalized spacial score (nSPS) is 13.0. The fourth-order valence-electron chi connectivity index (χ4n) is 4.63. The number of nitriles is 2. The zero-order valence-electron chi connectivity index (χ0n) is 15.6. The summed E-state index contributed by atoms with van der Waals surface area (Å²) >= 11 is 0. The smallest absolute Gasteiger partial charge is 0.0991 e. The van der Waals surface area contributed by atoms with Crippen LogP contribution in [0.4, 0.5) is 0 Å². The van der Waals surface area contributed by atoms with Crippen LogP contribution in [0.5, 0.6) is 0 Å². The van der Waals surface area contributed by atoms with Crippen molar-refractivity contribution in [3.8, 4) is 23.3 Å². The van der Waals surface area contributed by atoms with E-state index < -0.39 is 5.41 Å². The molecule has 5 rings (SSSR count). The van der Waals surface area contributed by atoms with Crippen LogP contribution in [-0.4, -0.2) is 0 Å². The van der Waals surface area contributed by atoms with Gasteiger partial charge in [-0.3, -0.25) is 0 Å². The van der Waals surface area contributed by atoms with Gasteiger partial charge in [-0.05, 0) is 57.6 Å². The van der Waals surface area contributed by atoms with Crippen LogP contribution in [0.3, 0.4) is 0 Å². The van der Waals surface area contributed by atoms with Gasteiger partial charge in [-0.2, -0.15) is 10.5 Å². The Morgan fingerprint density at radius 3 is 1.31 bits per heavy atom.